The van der Waals surface area contributed by atoms with Crippen LogP contribution in [0.25, 0.3) is 11.1 Å². The zero-order valence-electron chi connectivity index (χ0n) is 18.6. The molecule has 0 radical (unpaired) electrons. The van der Waals surface area contributed by atoms with Crippen molar-refractivity contribution in [3.8, 4) is 11.1 Å². The fourth-order valence-corrected chi connectivity index (χ4v) is 4.84. The Kier molecular flexibility index (Phi) is 7.01. The summed E-state index contributed by atoms with van der Waals surface area (Å²) in [5.41, 5.74) is 5.32. The number of carbonyl (C=O) groups is 2. The smallest absolute Gasteiger partial charge is 0.341 e. The average Bonchev–Trinajstić information content (AvgIpc) is 3.27. The molecule has 0 unspecified atom stereocenters. The van der Waals surface area contributed by atoms with Crippen molar-refractivity contribution in [3.63, 3.8) is 0 Å². The number of thiophene rings is 1. The van der Waals surface area contributed by atoms with Crippen LogP contribution >= 0.6 is 11.3 Å². The molecular formula is C28H25NO3S. The molecule has 1 heterocycles. The summed E-state index contributed by atoms with van der Waals surface area (Å²) in [6, 6.07) is 27.9. The Balaban J connectivity index is 1.62. The number of carbonyl (C=O) groups excluding carboxylic acids is 2. The predicted molar refractivity (Wildman–Crippen MR) is 134 cm³/mol. The third-order valence-corrected chi connectivity index (χ3v) is 6.48. The molecule has 0 saturated carbocycles. The predicted octanol–water partition coefficient (Wildman–Crippen LogP) is 6.67. The molecule has 1 aromatic heterocycles. The fraction of sp³-hybridized carbons (Fsp3) is 0.143. The van der Waals surface area contributed by atoms with Crippen molar-refractivity contribution in [3.05, 3.63) is 113 Å². The first kappa shape index (κ1) is 22.5. The number of benzene rings is 3. The van der Waals surface area contributed by atoms with Crippen molar-refractivity contribution in [2.45, 2.75) is 19.3 Å². The minimum absolute atomic E-state index is 0.0921. The van der Waals surface area contributed by atoms with Gasteiger partial charge in [-0.3, -0.25) is 4.79 Å². The van der Waals surface area contributed by atoms with Gasteiger partial charge in [-0.15, -0.1) is 11.3 Å². The summed E-state index contributed by atoms with van der Waals surface area (Å²) in [6.45, 7) is 2.01. The van der Waals surface area contributed by atoms with Crippen molar-refractivity contribution in [2.75, 3.05) is 12.4 Å². The van der Waals surface area contributed by atoms with Crippen LogP contribution in [0, 0.1) is 6.92 Å². The summed E-state index contributed by atoms with van der Waals surface area (Å²) in [5, 5.41) is 5.37. The highest BCUT2D eigenvalue weighted by Gasteiger charge is 2.24. The van der Waals surface area contributed by atoms with Crippen LogP contribution in [0.5, 0.6) is 0 Å². The van der Waals surface area contributed by atoms with E-state index in [9.17, 15) is 9.59 Å². The zero-order chi connectivity index (χ0) is 23.2. The van der Waals surface area contributed by atoms with Crippen molar-refractivity contribution in [2.24, 2.45) is 0 Å². The average molecular weight is 456 g/mol. The summed E-state index contributed by atoms with van der Waals surface area (Å²) >= 11 is 1.33. The van der Waals surface area contributed by atoms with Gasteiger partial charge in [0.15, 0.2) is 0 Å². The first-order chi connectivity index (χ1) is 16.1. The number of esters is 1. The Morgan fingerprint density at radius 3 is 2.00 bits per heavy atom. The third kappa shape index (κ3) is 5.21. The van der Waals surface area contributed by atoms with Gasteiger partial charge in [-0.2, -0.15) is 0 Å². The second-order valence-corrected chi connectivity index (χ2v) is 8.72. The van der Waals surface area contributed by atoms with E-state index >= 15 is 0 Å². The van der Waals surface area contributed by atoms with E-state index in [2.05, 4.69) is 5.32 Å². The number of methoxy groups -OCH3 is 1. The van der Waals surface area contributed by atoms with Crippen molar-refractivity contribution in [1.82, 2.24) is 0 Å². The number of rotatable bonds is 7. The van der Waals surface area contributed by atoms with Crippen LogP contribution in [0.3, 0.4) is 0 Å². The van der Waals surface area contributed by atoms with E-state index in [-0.39, 0.29) is 18.2 Å². The van der Waals surface area contributed by atoms with Crippen LogP contribution in [0.1, 0.15) is 39.4 Å². The second kappa shape index (κ2) is 10.3. The normalized spacial score (nSPS) is 10.8. The van der Waals surface area contributed by atoms with Crippen molar-refractivity contribution < 1.29 is 14.3 Å². The molecule has 0 fully saturated rings. The lowest BCUT2D eigenvalue weighted by Gasteiger charge is -2.18. The maximum Gasteiger partial charge on any atom is 0.341 e. The Labute approximate surface area is 197 Å². The van der Waals surface area contributed by atoms with E-state index in [1.54, 1.807) is 0 Å². The van der Waals surface area contributed by atoms with Gasteiger partial charge in [-0.1, -0.05) is 90.5 Å². The monoisotopic (exact) mass is 455 g/mol. The minimum atomic E-state index is -0.468. The maximum absolute atomic E-state index is 13.2. The van der Waals surface area contributed by atoms with Gasteiger partial charge in [0.25, 0.3) is 0 Å². The number of ether oxygens (including phenoxy) is 1. The number of hydrogen-bond donors (Lipinski definition) is 1. The molecule has 3 aromatic carbocycles. The summed E-state index contributed by atoms with van der Waals surface area (Å²) in [7, 11) is 1.35. The number of nitrogens with one attached hydrogen (secondary N) is 1. The topological polar surface area (TPSA) is 55.4 Å². The molecule has 0 bridgehead atoms. The molecule has 0 spiro atoms. The molecular weight excluding hydrogens is 430 g/mol. The van der Waals surface area contributed by atoms with Gasteiger partial charge in [0.2, 0.25) is 5.91 Å². The molecule has 5 heteroatoms. The summed E-state index contributed by atoms with van der Waals surface area (Å²) < 4.78 is 5.04. The molecule has 166 valence electrons. The lowest BCUT2D eigenvalue weighted by molar-refractivity contribution is -0.116. The van der Waals surface area contributed by atoms with Gasteiger partial charge in [-0.25, -0.2) is 4.79 Å². The Morgan fingerprint density at radius 2 is 1.45 bits per heavy atom. The zero-order valence-corrected chi connectivity index (χ0v) is 19.4. The van der Waals surface area contributed by atoms with E-state index < -0.39 is 5.97 Å². The van der Waals surface area contributed by atoms with Gasteiger partial charge in [-0.05, 0) is 23.6 Å². The van der Waals surface area contributed by atoms with E-state index in [4.69, 9.17) is 4.74 Å². The molecule has 0 aliphatic rings. The first-order valence-electron chi connectivity index (χ1n) is 10.7. The highest BCUT2D eigenvalue weighted by atomic mass is 32.1. The van der Waals surface area contributed by atoms with E-state index in [1.807, 2.05) is 97.2 Å². The second-order valence-electron chi connectivity index (χ2n) is 7.84. The van der Waals surface area contributed by atoms with Crippen LogP contribution in [0.15, 0.2) is 90.3 Å². The Bertz CT molecular complexity index is 1190. The fourth-order valence-electron chi connectivity index (χ4n) is 3.86. The molecule has 33 heavy (non-hydrogen) atoms. The van der Waals surface area contributed by atoms with E-state index in [0.29, 0.717) is 10.6 Å². The maximum atomic E-state index is 13.2. The molecule has 0 atom stereocenters. The Hall–Kier alpha value is -3.70. The lowest BCUT2D eigenvalue weighted by atomic mass is 9.88. The SMILES string of the molecule is COC(=O)c1c(-c2ccc(C)cc2)csc1NC(=O)CC(c1ccccc1)c1ccccc1. The van der Waals surface area contributed by atoms with Gasteiger partial charge >= 0.3 is 5.97 Å². The molecule has 0 aliphatic carbocycles. The van der Waals surface area contributed by atoms with Crippen LogP contribution in [0.2, 0.25) is 0 Å². The van der Waals surface area contributed by atoms with Gasteiger partial charge in [0.05, 0.1) is 7.11 Å². The van der Waals surface area contributed by atoms with E-state index in [1.165, 1.54) is 18.4 Å². The van der Waals surface area contributed by atoms with Crippen LogP contribution in [-0.4, -0.2) is 19.0 Å². The molecule has 0 saturated heterocycles. The highest BCUT2D eigenvalue weighted by Crippen LogP contribution is 2.37. The number of anilines is 1. The standard InChI is InChI=1S/C28H25NO3S/c1-19-13-15-22(16-14-19)24-18-33-27(26(24)28(31)32-2)29-25(30)17-23(20-9-5-3-6-10-20)21-11-7-4-8-12-21/h3-16,18,23H,17H2,1-2H3,(H,29,30). The molecule has 4 rings (SSSR count). The molecule has 4 aromatic rings. The minimum Gasteiger partial charge on any atom is -0.465 e. The third-order valence-electron chi connectivity index (χ3n) is 5.59. The number of amides is 1. The van der Waals surface area contributed by atoms with Gasteiger partial charge in [0, 0.05) is 23.3 Å². The van der Waals surface area contributed by atoms with Crippen molar-refractivity contribution >= 4 is 28.2 Å². The molecule has 1 amide bonds. The molecule has 4 nitrogen and oxygen atoms in total. The van der Waals surface area contributed by atoms with Crippen LogP contribution in [0.4, 0.5) is 5.00 Å². The number of hydrogen-bond acceptors (Lipinski definition) is 4. The quantitative estimate of drug-likeness (QED) is 0.317. The van der Waals surface area contributed by atoms with Crippen LogP contribution < -0.4 is 5.32 Å². The van der Waals surface area contributed by atoms with Gasteiger partial charge in [0.1, 0.15) is 10.6 Å². The summed E-state index contributed by atoms with van der Waals surface area (Å²) in [5.74, 6) is -0.717. The lowest BCUT2D eigenvalue weighted by Crippen LogP contribution is -2.17. The molecule has 0 aliphatic heterocycles. The van der Waals surface area contributed by atoms with Gasteiger partial charge < -0.3 is 10.1 Å². The highest BCUT2D eigenvalue weighted by molar-refractivity contribution is 7.15. The summed E-state index contributed by atoms with van der Waals surface area (Å²) in [6.07, 6.45) is 0.256. The van der Waals surface area contributed by atoms with Crippen molar-refractivity contribution in [1.29, 1.82) is 0 Å². The largest absolute Gasteiger partial charge is 0.465 e. The Morgan fingerprint density at radius 1 is 0.879 bits per heavy atom. The number of aryl methyl sites for hydroxylation is 1. The molecule has 1 N–H and O–H groups in total. The summed E-state index contributed by atoms with van der Waals surface area (Å²) in [4.78, 5) is 25.8. The van der Waals surface area contributed by atoms with Crippen LogP contribution in [-0.2, 0) is 9.53 Å². The first-order valence-corrected chi connectivity index (χ1v) is 11.6. The van der Waals surface area contributed by atoms with E-state index in [0.717, 1.165) is 27.8 Å².